The van der Waals surface area contributed by atoms with Crippen molar-refractivity contribution in [2.75, 3.05) is 13.1 Å². The van der Waals surface area contributed by atoms with E-state index in [1.807, 2.05) is 30.3 Å². The molecule has 0 saturated heterocycles. The molecule has 0 spiro atoms. The molecule has 0 radical (unpaired) electrons. The number of aliphatic hydroxyl groups excluding tert-OH is 1. The highest BCUT2D eigenvalue weighted by Gasteiger charge is 2.29. The van der Waals surface area contributed by atoms with Crippen LogP contribution in [0.25, 0.3) is 0 Å². The summed E-state index contributed by atoms with van der Waals surface area (Å²) in [5.74, 6) is 1.66. The predicted octanol–water partition coefficient (Wildman–Crippen LogP) is 4.16. The van der Waals surface area contributed by atoms with Gasteiger partial charge in [-0.2, -0.15) is 0 Å². The highest BCUT2D eigenvalue weighted by atomic mass is 16.3. The first-order chi connectivity index (χ1) is 9.97. The summed E-state index contributed by atoms with van der Waals surface area (Å²) < 4.78 is 0. The lowest BCUT2D eigenvalue weighted by atomic mass is 9.70. The summed E-state index contributed by atoms with van der Waals surface area (Å²) in [4.78, 5) is 0. The van der Waals surface area contributed by atoms with Gasteiger partial charge in [0.25, 0.3) is 0 Å². The van der Waals surface area contributed by atoms with Crippen LogP contribution in [0.15, 0.2) is 30.3 Å². The van der Waals surface area contributed by atoms with E-state index in [0.717, 1.165) is 23.9 Å². The van der Waals surface area contributed by atoms with Gasteiger partial charge in [-0.1, -0.05) is 51.1 Å². The summed E-state index contributed by atoms with van der Waals surface area (Å²) in [6.07, 6.45) is 4.98. The van der Waals surface area contributed by atoms with Crippen molar-refractivity contribution in [3.63, 3.8) is 0 Å². The number of aliphatic hydroxyl groups is 1. The molecule has 1 aromatic rings. The van der Waals surface area contributed by atoms with Crippen LogP contribution in [-0.4, -0.2) is 18.2 Å². The van der Waals surface area contributed by atoms with Gasteiger partial charge in [-0.3, -0.25) is 0 Å². The van der Waals surface area contributed by atoms with E-state index in [4.69, 9.17) is 0 Å². The van der Waals surface area contributed by atoms with Crippen LogP contribution in [-0.2, 0) is 0 Å². The summed E-state index contributed by atoms with van der Waals surface area (Å²) in [6.45, 7) is 8.80. The van der Waals surface area contributed by atoms with Crippen LogP contribution < -0.4 is 5.32 Å². The lowest BCUT2D eigenvalue weighted by Crippen LogP contribution is -2.32. The quantitative estimate of drug-likeness (QED) is 0.853. The van der Waals surface area contributed by atoms with Gasteiger partial charge in [-0.05, 0) is 55.0 Å². The summed E-state index contributed by atoms with van der Waals surface area (Å²) in [5.41, 5.74) is 1.46. The Morgan fingerprint density at radius 3 is 2.29 bits per heavy atom. The molecular weight excluding hydrogens is 258 g/mol. The van der Waals surface area contributed by atoms with Gasteiger partial charge in [0.1, 0.15) is 0 Å². The number of rotatable bonds is 5. The monoisotopic (exact) mass is 289 g/mol. The summed E-state index contributed by atoms with van der Waals surface area (Å²) in [7, 11) is 0. The Kier molecular flexibility index (Phi) is 5.83. The number of hydrogen-bond donors (Lipinski definition) is 2. The topological polar surface area (TPSA) is 32.3 Å². The van der Waals surface area contributed by atoms with Crippen LogP contribution >= 0.6 is 0 Å². The van der Waals surface area contributed by atoms with Crippen molar-refractivity contribution < 1.29 is 5.11 Å². The zero-order chi connectivity index (χ0) is 15.3. The lowest BCUT2D eigenvalue weighted by molar-refractivity contribution is 0.141. The van der Waals surface area contributed by atoms with Crippen LogP contribution in [0.3, 0.4) is 0 Å². The molecule has 1 saturated carbocycles. The Balaban J connectivity index is 1.66. The summed E-state index contributed by atoms with van der Waals surface area (Å²) in [5, 5.41) is 13.6. The molecule has 1 atom stereocenters. The molecule has 2 N–H and O–H groups in total. The largest absolute Gasteiger partial charge is 0.387 e. The standard InChI is InChI=1S/C19H31NO/c1-19(2,3)17-11-9-15(10-12-17)13-20-14-18(21)16-7-5-4-6-8-16/h4-8,15,17-18,20-21H,9-14H2,1-3H3. The molecule has 2 rings (SSSR count). The molecule has 0 bridgehead atoms. The fraction of sp³-hybridized carbons (Fsp3) is 0.684. The molecule has 1 unspecified atom stereocenters. The van der Waals surface area contributed by atoms with E-state index in [-0.39, 0.29) is 0 Å². The van der Waals surface area contributed by atoms with Crippen LogP contribution in [0.4, 0.5) is 0 Å². The smallest absolute Gasteiger partial charge is 0.0914 e. The van der Waals surface area contributed by atoms with Gasteiger partial charge in [0, 0.05) is 6.54 Å². The van der Waals surface area contributed by atoms with E-state index in [1.165, 1.54) is 25.7 Å². The fourth-order valence-electron chi connectivity index (χ4n) is 3.45. The molecule has 0 aromatic heterocycles. The first-order valence-corrected chi connectivity index (χ1v) is 8.40. The molecule has 0 aliphatic heterocycles. The van der Waals surface area contributed by atoms with Crippen molar-refractivity contribution in [1.82, 2.24) is 5.32 Å². The average molecular weight is 289 g/mol. The van der Waals surface area contributed by atoms with Crippen molar-refractivity contribution in [2.24, 2.45) is 17.3 Å². The van der Waals surface area contributed by atoms with Gasteiger partial charge in [0.05, 0.1) is 6.10 Å². The van der Waals surface area contributed by atoms with Gasteiger partial charge >= 0.3 is 0 Å². The second kappa shape index (κ2) is 7.42. The highest BCUT2D eigenvalue weighted by molar-refractivity contribution is 5.17. The molecule has 21 heavy (non-hydrogen) atoms. The normalized spacial score (nSPS) is 24.8. The molecule has 118 valence electrons. The number of benzene rings is 1. The van der Waals surface area contributed by atoms with Gasteiger partial charge in [-0.15, -0.1) is 0 Å². The second-order valence-corrected chi connectivity index (χ2v) is 7.67. The van der Waals surface area contributed by atoms with E-state index in [2.05, 4.69) is 26.1 Å². The molecule has 2 nitrogen and oxygen atoms in total. The third kappa shape index (κ3) is 5.12. The molecule has 0 amide bonds. The molecule has 2 heteroatoms. The van der Waals surface area contributed by atoms with Crippen LogP contribution in [0.2, 0.25) is 0 Å². The van der Waals surface area contributed by atoms with Gasteiger partial charge in [-0.25, -0.2) is 0 Å². The summed E-state index contributed by atoms with van der Waals surface area (Å²) >= 11 is 0. The van der Waals surface area contributed by atoms with E-state index >= 15 is 0 Å². The van der Waals surface area contributed by atoms with Gasteiger partial charge in [0.2, 0.25) is 0 Å². The Morgan fingerprint density at radius 2 is 1.71 bits per heavy atom. The van der Waals surface area contributed by atoms with Gasteiger partial charge in [0.15, 0.2) is 0 Å². The second-order valence-electron chi connectivity index (χ2n) is 7.67. The molecule has 1 aliphatic carbocycles. The molecule has 0 heterocycles. The van der Waals surface area contributed by atoms with E-state index in [0.29, 0.717) is 12.0 Å². The van der Waals surface area contributed by atoms with Crippen LogP contribution in [0.1, 0.15) is 58.1 Å². The zero-order valence-corrected chi connectivity index (χ0v) is 13.8. The maximum atomic E-state index is 10.1. The Hall–Kier alpha value is -0.860. The fourth-order valence-corrected chi connectivity index (χ4v) is 3.45. The highest BCUT2D eigenvalue weighted by Crippen LogP contribution is 2.39. The van der Waals surface area contributed by atoms with E-state index < -0.39 is 6.10 Å². The van der Waals surface area contributed by atoms with Crippen molar-refractivity contribution >= 4 is 0 Å². The summed E-state index contributed by atoms with van der Waals surface area (Å²) in [6, 6.07) is 9.91. The minimum absolute atomic E-state index is 0.392. The van der Waals surface area contributed by atoms with Crippen molar-refractivity contribution in [3.8, 4) is 0 Å². The maximum absolute atomic E-state index is 10.1. The van der Waals surface area contributed by atoms with E-state index in [9.17, 15) is 5.11 Å². The van der Waals surface area contributed by atoms with Crippen LogP contribution in [0.5, 0.6) is 0 Å². The third-order valence-corrected chi connectivity index (χ3v) is 5.03. The lowest BCUT2D eigenvalue weighted by Gasteiger charge is -2.37. The first kappa shape index (κ1) is 16.5. The van der Waals surface area contributed by atoms with Gasteiger partial charge < -0.3 is 10.4 Å². The van der Waals surface area contributed by atoms with Crippen molar-refractivity contribution in [3.05, 3.63) is 35.9 Å². The molecule has 1 aromatic carbocycles. The molecular formula is C19H31NO. The maximum Gasteiger partial charge on any atom is 0.0914 e. The third-order valence-electron chi connectivity index (χ3n) is 5.03. The first-order valence-electron chi connectivity index (χ1n) is 8.40. The Labute approximate surface area is 130 Å². The van der Waals surface area contributed by atoms with E-state index in [1.54, 1.807) is 0 Å². The Morgan fingerprint density at radius 1 is 1.10 bits per heavy atom. The minimum atomic E-state index is -0.392. The Bertz CT molecular complexity index is 401. The van der Waals surface area contributed by atoms with Crippen LogP contribution in [0, 0.1) is 17.3 Å². The average Bonchev–Trinajstić information content (AvgIpc) is 2.47. The molecule has 1 aliphatic rings. The number of nitrogens with one attached hydrogen (secondary N) is 1. The zero-order valence-electron chi connectivity index (χ0n) is 13.8. The minimum Gasteiger partial charge on any atom is -0.387 e. The van der Waals surface area contributed by atoms with Crippen molar-refractivity contribution in [1.29, 1.82) is 0 Å². The number of hydrogen-bond acceptors (Lipinski definition) is 2. The van der Waals surface area contributed by atoms with Crippen molar-refractivity contribution in [2.45, 2.75) is 52.6 Å². The SMILES string of the molecule is CC(C)(C)C1CCC(CNCC(O)c2ccccc2)CC1. The predicted molar refractivity (Wildman–Crippen MR) is 89.2 cm³/mol. The molecule has 1 fully saturated rings.